The van der Waals surface area contributed by atoms with Crippen molar-refractivity contribution in [3.05, 3.63) is 105 Å². The lowest BCUT2D eigenvalue weighted by Gasteiger charge is -2.15. The van der Waals surface area contributed by atoms with Crippen LogP contribution >= 0.6 is 43.5 Å². The average Bonchev–Trinajstić information content (AvgIpc) is 3.74. The summed E-state index contributed by atoms with van der Waals surface area (Å²) < 4.78 is 78.3. The first kappa shape index (κ1) is 44.5. The van der Waals surface area contributed by atoms with Gasteiger partial charge in [-0.15, -0.1) is 0 Å². The molecule has 55 heavy (non-hydrogen) atoms. The molecule has 0 aliphatic heterocycles. The first-order valence-electron chi connectivity index (χ1n) is 17.2. The highest BCUT2D eigenvalue weighted by atomic mass is 79.9. The second kappa shape index (κ2) is 20.3. The number of nitrogens with zero attached hydrogens (tertiary/aromatic N) is 3. The average molecular weight is 947 g/mol. The van der Waals surface area contributed by atoms with Crippen LogP contribution in [0.4, 0.5) is 17.6 Å². The molecular weight excluding hydrogens is 904 g/mol. The Bertz CT molecular complexity index is 2180. The molecule has 0 fully saturated rings. The van der Waals surface area contributed by atoms with Crippen molar-refractivity contribution in [2.75, 3.05) is 19.3 Å². The van der Waals surface area contributed by atoms with Crippen LogP contribution in [0.15, 0.2) is 82.0 Å². The van der Waals surface area contributed by atoms with Crippen LogP contribution in [0.1, 0.15) is 0 Å². The Kier molecular flexibility index (Phi) is 16.4. The molecule has 0 aliphatic rings. The molecule has 0 spiro atoms. The molecular formula is C38H43Br2ClF4N4O4Si2. The zero-order valence-electron chi connectivity index (χ0n) is 31.3. The lowest BCUT2D eigenvalue weighted by molar-refractivity contribution is 0.0817. The predicted octanol–water partition coefficient (Wildman–Crippen LogP) is 13.1. The number of fused-ring (bicyclic) bond motifs is 2. The molecule has 0 saturated heterocycles. The van der Waals surface area contributed by atoms with Crippen LogP contribution in [0, 0.1) is 23.3 Å². The van der Waals surface area contributed by atoms with Crippen molar-refractivity contribution < 1.29 is 36.5 Å². The minimum absolute atomic E-state index is 0.0350. The number of hydrogen-bond donors (Lipinski definition) is 1. The maximum Gasteiger partial charge on any atom is 0.168 e. The maximum atomic E-state index is 13.9. The third-order valence-corrected chi connectivity index (χ3v) is 12.6. The Hall–Kier alpha value is -3.26. The molecule has 8 nitrogen and oxygen atoms in total. The summed E-state index contributed by atoms with van der Waals surface area (Å²) in [5, 5.41) is 12.9. The fraction of sp³-hybridized carbons (Fsp3) is 0.316. The Morgan fingerprint density at radius 2 is 1.22 bits per heavy atom. The van der Waals surface area contributed by atoms with Crippen LogP contribution < -0.4 is 9.47 Å². The van der Waals surface area contributed by atoms with Gasteiger partial charge in [0.2, 0.25) is 0 Å². The number of aromatic amines is 1. The number of alkyl halides is 1. The fourth-order valence-electron chi connectivity index (χ4n) is 4.65. The number of hydrogen-bond acceptors (Lipinski definition) is 6. The van der Waals surface area contributed by atoms with Crippen molar-refractivity contribution >= 4 is 81.4 Å². The fourth-order valence-corrected chi connectivity index (χ4v) is 7.34. The first-order chi connectivity index (χ1) is 25.9. The molecule has 0 radical (unpaired) electrons. The third kappa shape index (κ3) is 14.3. The van der Waals surface area contributed by atoms with Crippen LogP contribution in [0.3, 0.4) is 0 Å². The number of nitrogens with one attached hydrogen (secondary N) is 1. The van der Waals surface area contributed by atoms with E-state index in [1.54, 1.807) is 41.3 Å². The van der Waals surface area contributed by atoms with Gasteiger partial charge in [0.05, 0.1) is 23.4 Å². The normalized spacial score (nSPS) is 11.6. The molecule has 1 N–H and O–H groups in total. The summed E-state index contributed by atoms with van der Waals surface area (Å²) in [4.78, 5) is 0. The summed E-state index contributed by atoms with van der Waals surface area (Å²) in [5.41, 5.74) is 1.56. The van der Waals surface area contributed by atoms with Crippen LogP contribution in [0.5, 0.6) is 23.0 Å². The second-order valence-corrected chi connectivity index (χ2v) is 27.9. The van der Waals surface area contributed by atoms with Crippen LogP contribution in [-0.2, 0) is 16.2 Å². The van der Waals surface area contributed by atoms with Crippen molar-refractivity contribution in [1.82, 2.24) is 20.0 Å². The van der Waals surface area contributed by atoms with E-state index in [1.807, 2.05) is 0 Å². The quantitative estimate of drug-likeness (QED) is 0.0537. The summed E-state index contributed by atoms with van der Waals surface area (Å²) in [6.07, 6.45) is 3.41. The Balaban J connectivity index is 0.000000208. The zero-order chi connectivity index (χ0) is 40.3. The van der Waals surface area contributed by atoms with Gasteiger partial charge in [0.1, 0.15) is 35.9 Å². The van der Waals surface area contributed by atoms with Crippen molar-refractivity contribution in [3.63, 3.8) is 0 Å². The molecule has 0 atom stereocenters. The van der Waals surface area contributed by atoms with Crippen LogP contribution in [0.2, 0.25) is 51.4 Å². The van der Waals surface area contributed by atoms with Gasteiger partial charge in [0.25, 0.3) is 0 Å². The molecule has 4 aromatic carbocycles. The SMILES string of the molecule is C[Si](C)(C)CCOCCl.C[Si](C)(C)CCOCn1ncc2c(Br)cc(Oc3ccc(F)cc3F)cc21.Fc1ccc(Oc2cc(Br)c3cn[nH]c3c2)c(F)c1. The summed E-state index contributed by atoms with van der Waals surface area (Å²) in [7, 11) is -2.03. The third-order valence-electron chi connectivity index (χ3n) is 7.69. The molecule has 0 saturated carbocycles. The van der Waals surface area contributed by atoms with E-state index in [1.165, 1.54) is 18.2 Å². The van der Waals surface area contributed by atoms with E-state index in [0.29, 0.717) is 30.9 Å². The Labute approximate surface area is 341 Å². The van der Waals surface area contributed by atoms with Crippen LogP contribution in [0.25, 0.3) is 21.8 Å². The van der Waals surface area contributed by atoms with E-state index in [9.17, 15) is 17.6 Å². The Morgan fingerprint density at radius 3 is 1.75 bits per heavy atom. The summed E-state index contributed by atoms with van der Waals surface area (Å²) in [6.45, 7) is 15.7. The molecule has 2 heterocycles. The van der Waals surface area contributed by atoms with E-state index in [0.717, 1.165) is 67.7 Å². The van der Waals surface area contributed by atoms with Crippen molar-refractivity contribution in [1.29, 1.82) is 0 Å². The highest BCUT2D eigenvalue weighted by Crippen LogP contribution is 2.34. The van der Waals surface area contributed by atoms with E-state index in [4.69, 9.17) is 30.5 Å². The Morgan fingerprint density at radius 1 is 0.691 bits per heavy atom. The van der Waals surface area contributed by atoms with E-state index in [2.05, 4.69) is 86.4 Å². The lowest BCUT2D eigenvalue weighted by Crippen LogP contribution is -2.22. The van der Waals surface area contributed by atoms with Gasteiger partial charge in [-0.05, 0) is 80.3 Å². The van der Waals surface area contributed by atoms with Gasteiger partial charge in [-0.1, -0.05) is 50.9 Å². The largest absolute Gasteiger partial charge is 0.454 e. The van der Waals surface area contributed by atoms with Crippen molar-refractivity contribution in [2.45, 2.75) is 58.1 Å². The highest BCUT2D eigenvalue weighted by molar-refractivity contribution is 9.11. The summed E-state index contributed by atoms with van der Waals surface area (Å²) >= 11 is 12.2. The van der Waals surface area contributed by atoms with Gasteiger partial charge in [-0.25, -0.2) is 22.2 Å². The molecule has 6 rings (SSSR count). The summed E-state index contributed by atoms with van der Waals surface area (Å²) in [5.74, 6) is -2.03. The molecule has 6 aromatic rings. The zero-order valence-corrected chi connectivity index (χ0v) is 37.2. The van der Waals surface area contributed by atoms with E-state index in [-0.39, 0.29) is 11.5 Å². The van der Waals surface area contributed by atoms with E-state index < -0.39 is 39.4 Å². The second-order valence-electron chi connectivity index (χ2n) is 14.7. The monoisotopic (exact) mass is 944 g/mol. The molecule has 0 amide bonds. The van der Waals surface area contributed by atoms with Gasteiger partial charge in [-0.2, -0.15) is 10.2 Å². The molecule has 0 bridgehead atoms. The number of rotatable bonds is 13. The highest BCUT2D eigenvalue weighted by Gasteiger charge is 2.15. The molecule has 17 heteroatoms. The standard InChI is InChI=1S/C19H21BrF2N2O2Si.C13H7BrF2N2O.C6H15ClOSi/c1-27(2,3)7-6-25-12-24-18-10-14(9-16(20)15(18)11-23-24)26-19-5-4-13(21)8-17(19)22;14-10-4-8(5-12-9(10)6-17-18-12)19-13-2-1-7(15)3-11(13)16;1-9(2,3)5-4-8-6-7/h4-5,8-11H,6-7,12H2,1-3H3;1-6H,(H,17,18);4-6H2,1-3H3. The van der Waals surface area contributed by atoms with Gasteiger partial charge >= 0.3 is 0 Å². The van der Waals surface area contributed by atoms with Gasteiger partial charge in [-0.3, -0.25) is 5.10 Å². The van der Waals surface area contributed by atoms with Crippen molar-refractivity contribution in [3.8, 4) is 23.0 Å². The molecule has 0 aliphatic carbocycles. The number of halogens is 7. The summed E-state index contributed by atoms with van der Waals surface area (Å²) in [6, 6.07) is 15.9. The van der Waals surface area contributed by atoms with Gasteiger partial charge in [0.15, 0.2) is 23.1 Å². The first-order valence-corrected chi connectivity index (χ1v) is 26.7. The smallest absolute Gasteiger partial charge is 0.168 e. The topological polar surface area (TPSA) is 83.4 Å². The molecule has 296 valence electrons. The number of benzene rings is 4. The lowest BCUT2D eigenvalue weighted by atomic mass is 10.2. The number of ether oxygens (including phenoxy) is 4. The van der Waals surface area contributed by atoms with E-state index >= 15 is 0 Å². The predicted molar refractivity (Wildman–Crippen MR) is 223 cm³/mol. The maximum absolute atomic E-state index is 13.9. The number of H-pyrrole nitrogens is 1. The van der Waals surface area contributed by atoms with Crippen LogP contribution in [-0.4, -0.2) is 55.4 Å². The minimum Gasteiger partial charge on any atom is -0.454 e. The molecule has 2 aromatic heterocycles. The molecule has 0 unspecified atom stereocenters. The number of aromatic nitrogens is 4. The minimum atomic E-state index is -1.15. The van der Waals surface area contributed by atoms with Crippen molar-refractivity contribution in [2.24, 2.45) is 0 Å². The van der Waals surface area contributed by atoms with Gasteiger partial charge in [0, 0.05) is 73.3 Å². The van der Waals surface area contributed by atoms with Gasteiger partial charge < -0.3 is 18.9 Å².